The van der Waals surface area contributed by atoms with Crippen molar-refractivity contribution < 1.29 is 9.53 Å². The van der Waals surface area contributed by atoms with Crippen LogP contribution in [0.4, 0.5) is 22.9 Å². The molecule has 0 spiro atoms. The predicted octanol–water partition coefficient (Wildman–Crippen LogP) is 3.30. The number of carbonyl (C=O) groups is 1. The van der Waals surface area contributed by atoms with Crippen molar-refractivity contribution in [2.45, 2.75) is 13.0 Å². The Bertz CT molecular complexity index is 1020. The van der Waals surface area contributed by atoms with Crippen LogP contribution in [0.15, 0.2) is 66.9 Å². The number of ether oxygens (including phenoxy) is 1. The van der Waals surface area contributed by atoms with E-state index in [0.717, 1.165) is 54.5 Å². The van der Waals surface area contributed by atoms with Crippen LogP contribution in [0.25, 0.3) is 0 Å². The lowest BCUT2D eigenvalue weighted by Gasteiger charge is -2.29. The minimum atomic E-state index is -0.386. The zero-order valence-corrected chi connectivity index (χ0v) is 17.4. The van der Waals surface area contributed by atoms with Gasteiger partial charge in [-0.1, -0.05) is 36.4 Å². The van der Waals surface area contributed by atoms with E-state index >= 15 is 0 Å². The number of rotatable bonds is 8. The van der Waals surface area contributed by atoms with Crippen LogP contribution < -0.4 is 21.3 Å². The molecule has 7 nitrogen and oxygen atoms in total. The van der Waals surface area contributed by atoms with E-state index in [1.54, 1.807) is 6.20 Å². The van der Waals surface area contributed by atoms with Crippen molar-refractivity contribution in [3.05, 3.63) is 78.0 Å². The molecule has 1 saturated heterocycles. The first-order valence-electron chi connectivity index (χ1n) is 10.4. The number of hydrogen-bond acceptors (Lipinski definition) is 6. The summed E-state index contributed by atoms with van der Waals surface area (Å²) in [6.45, 7) is 3.91. The molecule has 0 unspecified atom stereocenters. The molecule has 1 aliphatic heterocycles. The zero-order valence-electron chi connectivity index (χ0n) is 17.4. The lowest BCUT2D eigenvalue weighted by atomic mass is 10.1. The van der Waals surface area contributed by atoms with E-state index in [0.29, 0.717) is 12.4 Å². The molecular weight excluding hydrogens is 390 g/mol. The summed E-state index contributed by atoms with van der Waals surface area (Å²) in [7, 11) is 0. The quantitative estimate of drug-likeness (QED) is 0.521. The lowest BCUT2D eigenvalue weighted by molar-refractivity contribution is -0.117. The minimum absolute atomic E-state index is 0.136. The Labute approximate surface area is 182 Å². The van der Waals surface area contributed by atoms with Gasteiger partial charge in [0.05, 0.1) is 19.6 Å². The van der Waals surface area contributed by atoms with Crippen molar-refractivity contribution in [3.8, 4) is 0 Å². The lowest BCUT2D eigenvalue weighted by Crippen LogP contribution is -2.36. The Balaban J connectivity index is 1.52. The van der Waals surface area contributed by atoms with Gasteiger partial charge >= 0.3 is 0 Å². The SMILES string of the molecule is NC(=O)Cc1cnc(Nc2cccc(N3CCOCC3)c2)cc1NCc1ccccc1. The van der Waals surface area contributed by atoms with Gasteiger partial charge in [0.15, 0.2) is 0 Å². The molecule has 0 saturated carbocycles. The smallest absolute Gasteiger partial charge is 0.221 e. The van der Waals surface area contributed by atoms with Crippen LogP contribution in [-0.4, -0.2) is 37.2 Å². The summed E-state index contributed by atoms with van der Waals surface area (Å²) >= 11 is 0. The Morgan fingerprint density at radius 3 is 2.65 bits per heavy atom. The summed E-state index contributed by atoms with van der Waals surface area (Å²) < 4.78 is 5.45. The summed E-state index contributed by atoms with van der Waals surface area (Å²) in [5, 5.41) is 6.79. The molecule has 0 atom stereocenters. The van der Waals surface area contributed by atoms with E-state index in [1.165, 1.54) is 0 Å². The molecule has 31 heavy (non-hydrogen) atoms. The van der Waals surface area contributed by atoms with Crippen LogP contribution in [0.1, 0.15) is 11.1 Å². The van der Waals surface area contributed by atoms with Gasteiger partial charge in [-0.05, 0) is 23.8 Å². The van der Waals surface area contributed by atoms with E-state index < -0.39 is 0 Å². The van der Waals surface area contributed by atoms with Gasteiger partial charge in [0.25, 0.3) is 0 Å². The summed E-state index contributed by atoms with van der Waals surface area (Å²) in [6.07, 6.45) is 1.84. The highest BCUT2D eigenvalue weighted by Gasteiger charge is 2.12. The second kappa shape index (κ2) is 9.95. The maximum absolute atomic E-state index is 11.5. The first kappa shape index (κ1) is 20.7. The average molecular weight is 418 g/mol. The van der Waals surface area contributed by atoms with Crippen molar-refractivity contribution in [3.63, 3.8) is 0 Å². The van der Waals surface area contributed by atoms with Crippen molar-refractivity contribution >= 4 is 28.8 Å². The van der Waals surface area contributed by atoms with Gasteiger partial charge in [0.2, 0.25) is 5.91 Å². The van der Waals surface area contributed by atoms with Crippen LogP contribution in [0.5, 0.6) is 0 Å². The second-order valence-corrected chi connectivity index (χ2v) is 7.48. The fourth-order valence-electron chi connectivity index (χ4n) is 3.59. The Morgan fingerprint density at radius 2 is 1.87 bits per heavy atom. The van der Waals surface area contributed by atoms with Crippen molar-refractivity contribution in [2.75, 3.05) is 41.8 Å². The summed E-state index contributed by atoms with van der Waals surface area (Å²) in [6, 6.07) is 20.3. The number of aromatic nitrogens is 1. The molecule has 2 aromatic carbocycles. The highest BCUT2D eigenvalue weighted by molar-refractivity contribution is 5.79. The van der Waals surface area contributed by atoms with Crippen LogP contribution in [0.2, 0.25) is 0 Å². The number of hydrogen-bond donors (Lipinski definition) is 3. The third kappa shape index (κ3) is 5.73. The van der Waals surface area contributed by atoms with Crippen LogP contribution in [0.3, 0.4) is 0 Å². The molecule has 0 bridgehead atoms. The Kier molecular flexibility index (Phi) is 6.64. The number of amides is 1. The first-order chi connectivity index (χ1) is 15.2. The molecule has 4 N–H and O–H groups in total. The van der Waals surface area contributed by atoms with Crippen LogP contribution in [-0.2, 0) is 22.5 Å². The molecule has 2 heterocycles. The van der Waals surface area contributed by atoms with Gasteiger partial charge in [-0.2, -0.15) is 0 Å². The highest BCUT2D eigenvalue weighted by atomic mass is 16.5. The molecule has 7 heteroatoms. The fraction of sp³-hybridized carbons (Fsp3) is 0.250. The fourth-order valence-corrected chi connectivity index (χ4v) is 3.59. The van der Waals surface area contributed by atoms with Crippen molar-refractivity contribution in [1.82, 2.24) is 4.98 Å². The molecule has 1 aromatic heterocycles. The Hall–Kier alpha value is -3.58. The number of anilines is 4. The molecule has 0 aliphatic carbocycles. The molecule has 1 aliphatic rings. The standard InChI is InChI=1S/C24H27N5O2/c25-23(30)13-19-17-27-24(15-22(19)26-16-18-5-2-1-3-6-18)28-20-7-4-8-21(14-20)29-9-11-31-12-10-29/h1-8,14-15,17H,9-13,16H2,(H2,25,30)(H2,26,27,28). The molecule has 1 fully saturated rings. The second-order valence-electron chi connectivity index (χ2n) is 7.48. The molecule has 3 aromatic rings. The largest absolute Gasteiger partial charge is 0.381 e. The van der Waals surface area contributed by atoms with E-state index in [1.807, 2.05) is 36.4 Å². The van der Waals surface area contributed by atoms with Crippen LogP contribution in [0, 0.1) is 0 Å². The number of carbonyl (C=O) groups excluding carboxylic acids is 1. The predicted molar refractivity (Wildman–Crippen MR) is 124 cm³/mol. The van der Waals surface area contributed by atoms with Gasteiger partial charge in [-0.15, -0.1) is 0 Å². The number of nitrogens with two attached hydrogens (primary N) is 1. The maximum atomic E-state index is 11.5. The summed E-state index contributed by atoms with van der Waals surface area (Å²) in [4.78, 5) is 18.3. The minimum Gasteiger partial charge on any atom is -0.381 e. The normalized spacial score (nSPS) is 13.6. The number of benzene rings is 2. The summed E-state index contributed by atoms with van der Waals surface area (Å²) in [5.41, 5.74) is 10.3. The zero-order chi connectivity index (χ0) is 21.5. The monoisotopic (exact) mass is 417 g/mol. The topological polar surface area (TPSA) is 92.5 Å². The van der Waals surface area contributed by atoms with Gasteiger partial charge in [-0.25, -0.2) is 4.98 Å². The van der Waals surface area contributed by atoms with Crippen molar-refractivity contribution in [2.24, 2.45) is 5.73 Å². The number of morpholine rings is 1. The molecular formula is C24H27N5O2. The molecule has 0 radical (unpaired) electrons. The first-order valence-corrected chi connectivity index (χ1v) is 10.4. The third-order valence-corrected chi connectivity index (χ3v) is 5.17. The summed E-state index contributed by atoms with van der Waals surface area (Å²) in [5.74, 6) is 0.311. The maximum Gasteiger partial charge on any atom is 0.221 e. The van der Waals surface area contributed by atoms with Crippen LogP contribution >= 0.6 is 0 Å². The molecule has 160 valence electrons. The Morgan fingerprint density at radius 1 is 1.06 bits per heavy atom. The van der Waals surface area contributed by atoms with E-state index in [9.17, 15) is 4.79 Å². The number of primary amides is 1. The number of nitrogens with one attached hydrogen (secondary N) is 2. The average Bonchev–Trinajstić information content (AvgIpc) is 2.80. The molecule has 4 rings (SSSR count). The van der Waals surface area contributed by atoms with Gasteiger partial charge in [0, 0.05) is 54.5 Å². The van der Waals surface area contributed by atoms with Gasteiger partial charge < -0.3 is 26.0 Å². The number of nitrogens with zero attached hydrogens (tertiary/aromatic N) is 2. The third-order valence-electron chi connectivity index (χ3n) is 5.17. The van der Waals surface area contributed by atoms with Gasteiger partial charge in [0.1, 0.15) is 5.82 Å². The number of pyridine rings is 1. The molecule has 1 amide bonds. The van der Waals surface area contributed by atoms with Crippen molar-refractivity contribution in [1.29, 1.82) is 0 Å². The van der Waals surface area contributed by atoms with Gasteiger partial charge in [-0.3, -0.25) is 4.79 Å². The van der Waals surface area contributed by atoms with E-state index in [-0.39, 0.29) is 12.3 Å². The van der Waals surface area contributed by atoms with E-state index in [4.69, 9.17) is 10.5 Å². The van der Waals surface area contributed by atoms with E-state index in [2.05, 4.69) is 44.8 Å². The highest BCUT2D eigenvalue weighted by Crippen LogP contribution is 2.26.